The van der Waals surface area contributed by atoms with Crippen LogP contribution in [0.2, 0.25) is 0 Å². The maximum atomic E-state index is 11.7. The third-order valence-electron chi connectivity index (χ3n) is 3.48. The molecule has 1 heterocycles. The molecule has 1 unspecified atom stereocenters. The molecule has 0 aliphatic carbocycles. The number of sulfone groups is 1. The van der Waals surface area contributed by atoms with Gasteiger partial charge < -0.3 is 20.7 Å². The molecule has 2 rings (SSSR count). The van der Waals surface area contributed by atoms with Crippen LogP contribution < -0.4 is 16.0 Å². The van der Waals surface area contributed by atoms with E-state index in [0.717, 1.165) is 12.7 Å². The van der Waals surface area contributed by atoms with Crippen molar-refractivity contribution >= 4 is 27.3 Å². The molecule has 1 aliphatic heterocycles. The predicted octanol–water partition coefficient (Wildman–Crippen LogP) is 0.607. The number of hydrogen-bond acceptors (Lipinski definition) is 6. The number of benzene rings is 1. The van der Waals surface area contributed by atoms with Gasteiger partial charge in [-0.25, -0.2) is 13.2 Å². The van der Waals surface area contributed by atoms with Crippen LogP contribution in [0.25, 0.3) is 0 Å². The second kappa shape index (κ2) is 5.80. The van der Waals surface area contributed by atoms with E-state index >= 15 is 0 Å². The molecular weight excluding hydrogens is 294 g/mol. The average Bonchev–Trinajstić information content (AvgIpc) is 2.85. The zero-order valence-corrected chi connectivity index (χ0v) is 12.8. The largest absolute Gasteiger partial charge is 0.453 e. The van der Waals surface area contributed by atoms with Crippen molar-refractivity contribution in [3.8, 4) is 0 Å². The Morgan fingerprint density at radius 1 is 1.48 bits per heavy atom. The summed E-state index contributed by atoms with van der Waals surface area (Å²) < 4.78 is 28.0. The van der Waals surface area contributed by atoms with E-state index in [1.807, 2.05) is 4.90 Å². The van der Waals surface area contributed by atoms with Crippen LogP contribution >= 0.6 is 0 Å². The summed E-state index contributed by atoms with van der Waals surface area (Å²) in [5, 5.41) is 2.73. The van der Waals surface area contributed by atoms with Crippen molar-refractivity contribution in [3.63, 3.8) is 0 Å². The third-order valence-corrected chi connectivity index (χ3v) is 4.63. The highest BCUT2D eigenvalue weighted by Crippen LogP contribution is 2.31. The maximum Gasteiger partial charge on any atom is 0.407 e. The van der Waals surface area contributed by atoms with Crippen molar-refractivity contribution in [1.29, 1.82) is 0 Å². The molecule has 1 atom stereocenters. The summed E-state index contributed by atoms with van der Waals surface area (Å²) in [6, 6.07) is 4.90. The number of rotatable bonds is 3. The minimum atomic E-state index is -3.36. The third kappa shape index (κ3) is 3.38. The van der Waals surface area contributed by atoms with Gasteiger partial charge in [-0.05, 0) is 18.6 Å². The lowest BCUT2D eigenvalue weighted by molar-refractivity contribution is 0.167. The number of methoxy groups -OCH3 is 1. The van der Waals surface area contributed by atoms with Crippen LogP contribution in [0.3, 0.4) is 0 Å². The molecule has 116 valence electrons. The Hall–Kier alpha value is -1.96. The Morgan fingerprint density at radius 3 is 2.81 bits per heavy atom. The Kier molecular flexibility index (Phi) is 4.26. The summed E-state index contributed by atoms with van der Waals surface area (Å²) in [6.07, 6.45) is 1.41. The number of carbonyl (C=O) groups is 1. The summed E-state index contributed by atoms with van der Waals surface area (Å²) in [4.78, 5) is 13.3. The minimum absolute atomic E-state index is 0.0428. The summed E-state index contributed by atoms with van der Waals surface area (Å²) in [6.45, 7) is 1.25. The number of amides is 1. The van der Waals surface area contributed by atoms with E-state index in [9.17, 15) is 13.2 Å². The lowest BCUT2D eigenvalue weighted by Gasteiger charge is -2.21. The van der Waals surface area contributed by atoms with Gasteiger partial charge in [0, 0.05) is 19.3 Å². The first-order valence-corrected chi connectivity index (χ1v) is 8.40. The Morgan fingerprint density at radius 2 is 2.19 bits per heavy atom. The number of para-hydroxylation sites is 1. The number of anilines is 2. The van der Waals surface area contributed by atoms with Crippen LogP contribution in [0.4, 0.5) is 16.2 Å². The van der Waals surface area contributed by atoms with Crippen molar-refractivity contribution < 1.29 is 17.9 Å². The van der Waals surface area contributed by atoms with Crippen LogP contribution in [0.15, 0.2) is 23.1 Å². The molecule has 0 bridgehead atoms. The second-order valence-corrected chi connectivity index (χ2v) is 7.01. The maximum absolute atomic E-state index is 11.7. The molecule has 1 aromatic carbocycles. The fourth-order valence-electron chi connectivity index (χ4n) is 2.45. The smallest absolute Gasteiger partial charge is 0.407 e. The van der Waals surface area contributed by atoms with Gasteiger partial charge in [0.1, 0.15) is 0 Å². The minimum Gasteiger partial charge on any atom is -0.453 e. The number of nitrogen functional groups attached to an aromatic ring is 1. The molecule has 0 aromatic heterocycles. The molecule has 1 saturated heterocycles. The highest BCUT2D eigenvalue weighted by molar-refractivity contribution is 7.90. The molecule has 0 radical (unpaired) electrons. The standard InChI is InChI=1S/C13H19N3O4S/c1-20-13(17)15-9-6-7-16(8-9)10-4-3-5-11(12(10)14)21(2,18)19/h3-5,9H,6-8,14H2,1-2H3,(H,15,17). The van der Waals surface area contributed by atoms with E-state index in [0.29, 0.717) is 18.8 Å². The van der Waals surface area contributed by atoms with E-state index in [4.69, 9.17) is 5.73 Å². The zero-order valence-electron chi connectivity index (χ0n) is 12.0. The monoisotopic (exact) mass is 313 g/mol. The molecule has 0 spiro atoms. The van der Waals surface area contributed by atoms with E-state index in [-0.39, 0.29) is 16.6 Å². The van der Waals surface area contributed by atoms with Crippen LogP contribution in [-0.2, 0) is 14.6 Å². The first-order chi connectivity index (χ1) is 9.82. The molecule has 8 heteroatoms. The van der Waals surface area contributed by atoms with Gasteiger partial charge >= 0.3 is 6.09 Å². The van der Waals surface area contributed by atoms with Crippen molar-refractivity contribution in [1.82, 2.24) is 5.32 Å². The summed E-state index contributed by atoms with van der Waals surface area (Å²) >= 11 is 0. The molecule has 1 aliphatic rings. The van der Waals surface area contributed by atoms with Crippen molar-refractivity contribution in [3.05, 3.63) is 18.2 Å². The number of alkyl carbamates (subject to hydrolysis) is 1. The normalized spacial score (nSPS) is 18.6. The fraction of sp³-hybridized carbons (Fsp3) is 0.462. The first-order valence-electron chi connectivity index (χ1n) is 6.51. The Bertz CT molecular complexity index is 645. The van der Waals surface area contributed by atoms with Gasteiger partial charge in [0.25, 0.3) is 0 Å². The second-order valence-electron chi connectivity index (χ2n) is 5.03. The first kappa shape index (κ1) is 15.4. The van der Waals surface area contributed by atoms with Crippen LogP contribution in [0, 0.1) is 0 Å². The lowest BCUT2D eigenvalue weighted by Crippen LogP contribution is -2.37. The van der Waals surface area contributed by atoms with Crippen LogP contribution in [-0.4, -0.2) is 47.0 Å². The molecule has 3 N–H and O–H groups in total. The van der Waals surface area contributed by atoms with Crippen molar-refractivity contribution in [2.75, 3.05) is 37.1 Å². The number of nitrogens with two attached hydrogens (primary N) is 1. The molecule has 0 saturated carbocycles. The van der Waals surface area contributed by atoms with E-state index < -0.39 is 15.9 Å². The number of hydrogen-bond donors (Lipinski definition) is 2. The highest BCUT2D eigenvalue weighted by Gasteiger charge is 2.26. The van der Waals surface area contributed by atoms with Gasteiger partial charge in [-0.3, -0.25) is 0 Å². The number of nitrogens with one attached hydrogen (secondary N) is 1. The highest BCUT2D eigenvalue weighted by atomic mass is 32.2. The zero-order chi connectivity index (χ0) is 15.6. The lowest BCUT2D eigenvalue weighted by atomic mass is 10.2. The van der Waals surface area contributed by atoms with Gasteiger partial charge in [0.2, 0.25) is 0 Å². The molecule has 21 heavy (non-hydrogen) atoms. The van der Waals surface area contributed by atoms with Crippen molar-refractivity contribution in [2.45, 2.75) is 17.4 Å². The van der Waals surface area contributed by atoms with Crippen molar-refractivity contribution in [2.24, 2.45) is 0 Å². The van der Waals surface area contributed by atoms with Gasteiger partial charge in [-0.1, -0.05) is 6.07 Å². The van der Waals surface area contributed by atoms with Gasteiger partial charge in [0.05, 0.1) is 29.4 Å². The average molecular weight is 313 g/mol. The topological polar surface area (TPSA) is 102 Å². The molecule has 1 fully saturated rings. The Labute approximate surface area is 124 Å². The van der Waals surface area contributed by atoms with Gasteiger partial charge in [0.15, 0.2) is 9.84 Å². The number of nitrogens with zero attached hydrogens (tertiary/aromatic N) is 1. The quantitative estimate of drug-likeness (QED) is 0.793. The molecular formula is C13H19N3O4S. The van der Waals surface area contributed by atoms with E-state index in [1.54, 1.807) is 12.1 Å². The van der Waals surface area contributed by atoms with Crippen LogP contribution in [0.5, 0.6) is 0 Å². The summed E-state index contributed by atoms with van der Waals surface area (Å²) in [5.41, 5.74) is 6.91. The molecule has 1 aromatic rings. The molecule has 7 nitrogen and oxygen atoms in total. The van der Waals surface area contributed by atoms with E-state index in [2.05, 4.69) is 10.1 Å². The SMILES string of the molecule is COC(=O)NC1CCN(c2cccc(S(C)(=O)=O)c2N)C1. The fourth-order valence-corrected chi connectivity index (χ4v) is 3.28. The number of ether oxygens (including phenoxy) is 1. The van der Waals surface area contributed by atoms with Gasteiger partial charge in [-0.2, -0.15) is 0 Å². The van der Waals surface area contributed by atoms with Crippen LogP contribution in [0.1, 0.15) is 6.42 Å². The summed E-state index contributed by atoms with van der Waals surface area (Å²) in [5.74, 6) is 0. The predicted molar refractivity (Wildman–Crippen MR) is 80.1 cm³/mol. The van der Waals surface area contributed by atoms with E-state index in [1.165, 1.54) is 13.2 Å². The summed E-state index contributed by atoms with van der Waals surface area (Å²) in [7, 11) is -2.05. The van der Waals surface area contributed by atoms with Gasteiger partial charge in [-0.15, -0.1) is 0 Å². The molecule has 1 amide bonds. The Balaban J connectivity index is 2.19. The number of carbonyl (C=O) groups excluding carboxylic acids is 1.